The van der Waals surface area contributed by atoms with Crippen LogP contribution in [0.15, 0.2) is 11.6 Å². The fourth-order valence-electron chi connectivity index (χ4n) is 5.38. The SMILES string of the molecule is CCC(C)(C)OCCN(C(=O)OCC(C)(C)CC(C)(C)C)[C@@H](CCCN)C1=CC1(CC)C(C)C. The van der Waals surface area contributed by atoms with Gasteiger partial charge >= 0.3 is 6.09 Å². The van der Waals surface area contributed by atoms with Crippen molar-refractivity contribution in [3.05, 3.63) is 11.6 Å². The van der Waals surface area contributed by atoms with Crippen LogP contribution in [0, 0.1) is 22.2 Å². The fraction of sp³-hybridized carbons (Fsp3) is 0.897. The highest BCUT2D eigenvalue weighted by Gasteiger charge is 2.50. The molecule has 1 amide bonds. The smallest absolute Gasteiger partial charge is 0.410 e. The summed E-state index contributed by atoms with van der Waals surface area (Å²) in [6.45, 7) is 26.2. The maximum Gasteiger partial charge on any atom is 0.410 e. The fourth-order valence-corrected chi connectivity index (χ4v) is 5.38. The van der Waals surface area contributed by atoms with E-state index in [4.69, 9.17) is 15.2 Å². The van der Waals surface area contributed by atoms with Crippen LogP contribution in [0.3, 0.4) is 0 Å². The van der Waals surface area contributed by atoms with Crippen molar-refractivity contribution < 1.29 is 14.3 Å². The maximum atomic E-state index is 13.6. The van der Waals surface area contributed by atoms with Crippen molar-refractivity contribution in [3.8, 4) is 0 Å². The summed E-state index contributed by atoms with van der Waals surface area (Å²) < 4.78 is 12.2. The Morgan fingerprint density at radius 2 is 1.74 bits per heavy atom. The average molecular weight is 481 g/mol. The first kappa shape index (κ1) is 31.0. The van der Waals surface area contributed by atoms with Crippen LogP contribution in [-0.2, 0) is 9.47 Å². The molecule has 0 aromatic heterocycles. The number of hydrogen-bond acceptors (Lipinski definition) is 4. The van der Waals surface area contributed by atoms with Gasteiger partial charge in [-0.05, 0) is 74.8 Å². The van der Waals surface area contributed by atoms with E-state index < -0.39 is 0 Å². The van der Waals surface area contributed by atoms with Gasteiger partial charge in [-0.15, -0.1) is 0 Å². The van der Waals surface area contributed by atoms with Crippen LogP contribution in [0.25, 0.3) is 0 Å². The predicted octanol–water partition coefficient (Wildman–Crippen LogP) is 7.19. The van der Waals surface area contributed by atoms with Crippen molar-refractivity contribution in [2.45, 2.75) is 120 Å². The van der Waals surface area contributed by atoms with Crippen LogP contribution in [0.5, 0.6) is 0 Å². The van der Waals surface area contributed by atoms with Gasteiger partial charge in [-0.1, -0.05) is 68.4 Å². The van der Waals surface area contributed by atoms with Crippen molar-refractivity contribution >= 4 is 6.09 Å². The topological polar surface area (TPSA) is 64.8 Å². The molecule has 1 unspecified atom stereocenters. The van der Waals surface area contributed by atoms with Crippen LogP contribution < -0.4 is 5.73 Å². The van der Waals surface area contributed by atoms with E-state index in [1.165, 1.54) is 5.57 Å². The number of allylic oxidation sites excluding steroid dienone is 1. The van der Waals surface area contributed by atoms with Crippen LogP contribution in [0.1, 0.15) is 108 Å². The molecule has 0 aliphatic heterocycles. The van der Waals surface area contributed by atoms with Crippen molar-refractivity contribution in [2.75, 3.05) is 26.3 Å². The molecule has 34 heavy (non-hydrogen) atoms. The Hall–Kier alpha value is -1.07. The number of nitrogens with two attached hydrogens (primary N) is 1. The number of hydrogen-bond donors (Lipinski definition) is 1. The molecule has 0 aromatic carbocycles. The first-order valence-corrected chi connectivity index (χ1v) is 13.5. The van der Waals surface area contributed by atoms with Gasteiger partial charge in [0.05, 0.1) is 24.9 Å². The van der Waals surface area contributed by atoms with E-state index in [-0.39, 0.29) is 34.0 Å². The van der Waals surface area contributed by atoms with Gasteiger partial charge in [-0.2, -0.15) is 0 Å². The highest BCUT2D eigenvalue weighted by atomic mass is 16.6. The Kier molecular flexibility index (Phi) is 11.2. The summed E-state index contributed by atoms with van der Waals surface area (Å²) in [5, 5.41) is 0. The van der Waals surface area contributed by atoms with E-state index in [0.717, 1.165) is 32.1 Å². The summed E-state index contributed by atoms with van der Waals surface area (Å²) in [6, 6.07) is 0.0115. The minimum Gasteiger partial charge on any atom is -0.449 e. The van der Waals surface area contributed by atoms with E-state index in [1.54, 1.807) is 0 Å². The zero-order valence-electron chi connectivity index (χ0n) is 24.3. The van der Waals surface area contributed by atoms with Crippen molar-refractivity contribution in [1.82, 2.24) is 4.90 Å². The molecule has 2 atom stereocenters. The molecule has 0 saturated carbocycles. The van der Waals surface area contributed by atoms with Gasteiger partial charge in [0.1, 0.15) is 0 Å². The number of carbonyl (C=O) groups excluding carboxylic acids is 1. The Balaban J connectivity index is 3.10. The normalized spacial score (nSPS) is 19.7. The average Bonchev–Trinajstić information content (AvgIpc) is 3.45. The molecule has 1 rings (SSSR count). The van der Waals surface area contributed by atoms with Crippen LogP contribution in [0.2, 0.25) is 0 Å². The molecule has 0 bridgehead atoms. The molecule has 0 fully saturated rings. The van der Waals surface area contributed by atoms with E-state index in [9.17, 15) is 4.79 Å². The molecule has 0 heterocycles. The molecular formula is C29H56N2O3. The third-order valence-corrected chi connectivity index (χ3v) is 7.41. The standard InChI is InChI=1S/C29H56N2O3/c1-12-28(10,11)34-18-17-31(25(32)33-21-27(8,9)20-26(5,6)7)24(15-14-16-30)23-19-29(23,13-2)22(3)4/h19,22,24H,12-18,20-21,30H2,1-11H3/t24-,29?/m0/s1. The second-order valence-electron chi connectivity index (χ2n) is 13.2. The summed E-state index contributed by atoms with van der Waals surface area (Å²) >= 11 is 0. The molecule has 0 radical (unpaired) electrons. The van der Waals surface area contributed by atoms with Gasteiger partial charge in [0.25, 0.3) is 0 Å². The number of nitrogens with zero attached hydrogens (tertiary/aromatic N) is 1. The van der Waals surface area contributed by atoms with Crippen molar-refractivity contribution in [2.24, 2.45) is 27.9 Å². The number of amides is 1. The van der Waals surface area contributed by atoms with Gasteiger partial charge < -0.3 is 15.2 Å². The van der Waals surface area contributed by atoms with E-state index in [1.807, 2.05) is 4.90 Å². The number of ether oxygens (including phenoxy) is 2. The summed E-state index contributed by atoms with van der Waals surface area (Å²) in [5.41, 5.74) is 7.27. The summed E-state index contributed by atoms with van der Waals surface area (Å²) in [7, 11) is 0. The molecule has 1 aliphatic carbocycles. The monoisotopic (exact) mass is 480 g/mol. The molecule has 2 N–H and O–H groups in total. The molecule has 200 valence electrons. The zero-order chi connectivity index (χ0) is 26.4. The van der Waals surface area contributed by atoms with E-state index in [0.29, 0.717) is 32.2 Å². The first-order chi connectivity index (χ1) is 15.5. The van der Waals surface area contributed by atoms with Gasteiger partial charge in [-0.25, -0.2) is 4.79 Å². The molecule has 0 aromatic rings. The second kappa shape index (κ2) is 12.3. The lowest BCUT2D eigenvalue weighted by Crippen LogP contribution is -2.45. The van der Waals surface area contributed by atoms with Crippen molar-refractivity contribution in [3.63, 3.8) is 0 Å². The van der Waals surface area contributed by atoms with Crippen LogP contribution in [0.4, 0.5) is 4.79 Å². The van der Waals surface area contributed by atoms with Gasteiger partial charge in [-0.3, -0.25) is 4.90 Å². The van der Waals surface area contributed by atoms with Gasteiger partial charge in [0.2, 0.25) is 0 Å². The van der Waals surface area contributed by atoms with Crippen LogP contribution in [-0.4, -0.2) is 48.9 Å². The Bertz CT molecular complexity index is 675. The predicted molar refractivity (Wildman–Crippen MR) is 144 cm³/mol. The molecule has 5 nitrogen and oxygen atoms in total. The third-order valence-electron chi connectivity index (χ3n) is 7.41. The largest absolute Gasteiger partial charge is 0.449 e. The summed E-state index contributed by atoms with van der Waals surface area (Å²) in [4.78, 5) is 15.5. The molecule has 5 heteroatoms. The minimum atomic E-state index is -0.233. The highest BCUT2D eigenvalue weighted by molar-refractivity contribution is 5.69. The molecular weight excluding hydrogens is 424 g/mol. The molecule has 0 saturated heterocycles. The third kappa shape index (κ3) is 9.18. The quantitative estimate of drug-likeness (QED) is 0.252. The Morgan fingerprint density at radius 1 is 1.12 bits per heavy atom. The highest BCUT2D eigenvalue weighted by Crippen LogP contribution is 2.56. The Morgan fingerprint density at radius 3 is 2.18 bits per heavy atom. The Labute approximate surface area is 211 Å². The van der Waals surface area contributed by atoms with Crippen molar-refractivity contribution in [1.29, 1.82) is 0 Å². The van der Waals surface area contributed by atoms with Crippen LogP contribution >= 0.6 is 0 Å². The summed E-state index contributed by atoms with van der Waals surface area (Å²) in [5.74, 6) is 0.506. The maximum absolute atomic E-state index is 13.6. The van der Waals surface area contributed by atoms with Gasteiger partial charge in [0.15, 0.2) is 0 Å². The number of rotatable bonds is 15. The molecule has 1 aliphatic rings. The van der Waals surface area contributed by atoms with Gasteiger partial charge in [0, 0.05) is 12.0 Å². The lowest BCUT2D eigenvalue weighted by atomic mass is 9.77. The first-order valence-electron chi connectivity index (χ1n) is 13.5. The lowest BCUT2D eigenvalue weighted by Gasteiger charge is -2.36. The lowest BCUT2D eigenvalue weighted by molar-refractivity contribution is -0.0333. The second-order valence-corrected chi connectivity index (χ2v) is 13.2. The zero-order valence-corrected chi connectivity index (χ0v) is 24.3. The minimum absolute atomic E-state index is 0.0115. The number of carbonyl (C=O) groups is 1. The van der Waals surface area contributed by atoms with E-state index >= 15 is 0 Å². The van der Waals surface area contributed by atoms with E-state index in [2.05, 4.69) is 82.2 Å². The summed E-state index contributed by atoms with van der Waals surface area (Å²) in [6.07, 6.45) is 6.85. The molecule has 0 spiro atoms.